The third-order valence-corrected chi connectivity index (χ3v) is 7.69. The Morgan fingerprint density at radius 1 is 1.45 bits per heavy atom. The van der Waals surface area contributed by atoms with Gasteiger partial charge in [-0.25, -0.2) is 9.48 Å². The highest BCUT2D eigenvalue weighted by molar-refractivity contribution is 7.80. The van der Waals surface area contributed by atoms with Gasteiger partial charge < -0.3 is 25.4 Å². The highest BCUT2D eigenvalue weighted by atomic mass is 32.1. The van der Waals surface area contributed by atoms with Crippen LogP contribution >= 0.6 is 23.6 Å². The molecule has 3 N–H and O–H groups in total. The van der Waals surface area contributed by atoms with Gasteiger partial charge in [0.25, 0.3) is 0 Å². The van der Waals surface area contributed by atoms with Gasteiger partial charge in [0.2, 0.25) is 11.8 Å². The first-order valence-electron chi connectivity index (χ1n) is 11.0. The number of esters is 1. The van der Waals surface area contributed by atoms with Crippen molar-refractivity contribution >= 4 is 51.4 Å². The summed E-state index contributed by atoms with van der Waals surface area (Å²) in [6, 6.07) is 1.71. The molecule has 0 unspecified atom stereocenters. The van der Waals surface area contributed by atoms with E-state index in [4.69, 9.17) is 27.4 Å². The Balaban J connectivity index is 1.67. The fourth-order valence-electron chi connectivity index (χ4n) is 4.42. The van der Waals surface area contributed by atoms with Crippen LogP contribution in [0.2, 0.25) is 0 Å². The molecule has 11 heteroatoms. The van der Waals surface area contributed by atoms with Gasteiger partial charge in [0.05, 0.1) is 19.3 Å². The average Bonchev–Trinajstić information content (AvgIpc) is 3.23. The Morgan fingerprint density at radius 3 is 2.76 bits per heavy atom. The van der Waals surface area contributed by atoms with Crippen molar-refractivity contribution in [1.82, 2.24) is 9.78 Å². The first kappa shape index (κ1) is 23.5. The van der Waals surface area contributed by atoms with E-state index in [9.17, 15) is 9.59 Å². The number of ether oxygens (including phenoxy) is 2. The normalized spacial score (nSPS) is 21.2. The number of aryl methyl sites for hydroxylation is 2. The monoisotopic (exact) mass is 491 g/mol. The number of amides is 1. The zero-order valence-corrected chi connectivity index (χ0v) is 20.8. The summed E-state index contributed by atoms with van der Waals surface area (Å²) in [5.41, 5.74) is 7.48. The van der Waals surface area contributed by atoms with Gasteiger partial charge in [-0.2, -0.15) is 0 Å². The molecule has 2 aliphatic carbocycles. The van der Waals surface area contributed by atoms with Crippen LogP contribution in [-0.2, 0) is 29.4 Å². The van der Waals surface area contributed by atoms with Crippen LogP contribution in [0.5, 0.6) is 5.88 Å². The van der Waals surface area contributed by atoms with Crippen molar-refractivity contribution in [2.75, 3.05) is 23.9 Å². The Morgan fingerprint density at radius 2 is 2.18 bits per heavy atom. The molecule has 1 amide bonds. The molecule has 1 saturated carbocycles. The molecule has 9 nitrogen and oxygen atoms in total. The van der Waals surface area contributed by atoms with Gasteiger partial charge in [-0.05, 0) is 56.3 Å². The number of hydrogen-bond donors (Lipinski definition) is 2. The number of thiocarbonyl (C=S) groups is 1. The molecule has 2 heterocycles. The molecule has 178 valence electrons. The Bertz CT molecular complexity index is 1090. The van der Waals surface area contributed by atoms with Crippen molar-refractivity contribution in [3.8, 4) is 5.88 Å². The highest BCUT2D eigenvalue weighted by Gasteiger charge is 2.41. The van der Waals surface area contributed by atoms with Crippen LogP contribution in [0.1, 0.15) is 47.5 Å². The molecule has 0 aromatic carbocycles. The van der Waals surface area contributed by atoms with E-state index >= 15 is 0 Å². The van der Waals surface area contributed by atoms with Gasteiger partial charge in [-0.1, -0.05) is 6.92 Å². The third-order valence-electron chi connectivity index (χ3n) is 6.29. The second-order valence-corrected chi connectivity index (χ2v) is 10.0. The Hall–Kier alpha value is -2.66. The topological polar surface area (TPSA) is 112 Å². The van der Waals surface area contributed by atoms with Crippen LogP contribution in [0.4, 0.5) is 10.8 Å². The minimum Gasteiger partial charge on any atom is -0.480 e. The predicted molar refractivity (Wildman–Crippen MR) is 131 cm³/mol. The second kappa shape index (κ2) is 9.30. The standard InChI is InChI=1S/C22H29N5O4S2/c1-5-31-21(29)18-14-9-12(27(22(23)32)17-10-16(30-4)25-26(17)3)6-7-15(14)33-20(18)24-19(28)13-8-11(13)2/h10-13H,5-9H2,1-4H3,(H2,23,32)(H,24,28)/t11-,12-,13-/m0/s1. The highest BCUT2D eigenvalue weighted by Crippen LogP contribution is 2.43. The summed E-state index contributed by atoms with van der Waals surface area (Å²) >= 11 is 6.86. The number of nitrogens with one attached hydrogen (secondary N) is 1. The number of hydrogen-bond acceptors (Lipinski definition) is 7. The van der Waals surface area contributed by atoms with Crippen molar-refractivity contribution < 1.29 is 19.1 Å². The van der Waals surface area contributed by atoms with E-state index < -0.39 is 5.97 Å². The van der Waals surface area contributed by atoms with Crippen LogP contribution in [0.25, 0.3) is 0 Å². The summed E-state index contributed by atoms with van der Waals surface area (Å²) in [5, 5.41) is 8.12. The lowest BCUT2D eigenvalue weighted by Gasteiger charge is -2.34. The number of rotatable bonds is 7. The van der Waals surface area contributed by atoms with Crippen molar-refractivity contribution in [3.63, 3.8) is 0 Å². The maximum atomic E-state index is 12.9. The van der Waals surface area contributed by atoms with E-state index in [1.54, 1.807) is 31.8 Å². The van der Waals surface area contributed by atoms with Crippen LogP contribution in [0.3, 0.4) is 0 Å². The molecule has 0 saturated heterocycles. The first-order valence-corrected chi connectivity index (χ1v) is 12.3. The minimum atomic E-state index is -0.418. The number of carbonyl (C=O) groups is 2. The molecule has 3 atom stereocenters. The number of aromatic nitrogens is 2. The number of nitrogens with zero attached hydrogens (tertiary/aromatic N) is 3. The number of thiophene rings is 1. The molecular weight excluding hydrogens is 462 g/mol. The lowest BCUT2D eigenvalue weighted by atomic mass is 9.90. The Labute approximate surface area is 202 Å². The summed E-state index contributed by atoms with van der Waals surface area (Å²) in [7, 11) is 3.36. The quantitative estimate of drug-likeness (QED) is 0.449. The van der Waals surface area contributed by atoms with E-state index in [0.29, 0.717) is 28.8 Å². The van der Waals surface area contributed by atoms with Crippen molar-refractivity contribution in [1.29, 1.82) is 0 Å². The maximum absolute atomic E-state index is 12.9. The lowest BCUT2D eigenvalue weighted by molar-refractivity contribution is -0.117. The van der Waals surface area contributed by atoms with Gasteiger partial charge in [0.1, 0.15) is 10.8 Å². The van der Waals surface area contributed by atoms with E-state index in [0.717, 1.165) is 35.5 Å². The molecule has 2 aromatic rings. The van der Waals surface area contributed by atoms with Crippen molar-refractivity contribution in [2.45, 2.75) is 45.6 Å². The van der Waals surface area contributed by atoms with Crippen LogP contribution in [-0.4, -0.2) is 46.5 Å². The van der Waals surface area contributed by atoms with Crippen molar-refractivity contribution in [3.05, 3.63) is 22.1 Å². The van der Waals surface area contributed by atoms with Gasteiger partial charge in [0, 0.05) is 30.0 Å². The summed E-state index contributed by atoms with van der Waals surface area (Å²) < 4.78 is 12.3. The van der Waals surface area contributed by atoms with Gasteiger partial charge in [0.15, 0.2) is 5.11 Å². The summed E-state index contributed by atoms with van der Waals surface area (Å²) in [5.74, 6) is 1.12. The summed E-state index contributed by atoms with van der Waals surface area (Å²) in [6.07, 6.45) is 2.94. The van der Waals surface area contributed by atoms with Gasteiger partial charge in [-0.15, -0.1) is 16.4 Å². The molecule has 1 fully saturated rings. The largest absolute Gasteiger partial charge is 0.480 e. The number of methoxy groups -OCH3 is 1. The lowest BCUT2D eigenvalue weighted by Crippen LogP contribution is -2.47. The molecule has 2 aliphatic rings. The summed E-state index contributed by atoms with van der Waals surface area (Å²) in [4.78, 5) is 28.5. The molecule has 0 bridgehead atoms. The number of nitrogens with two attached hydrogens (primary N) is 1. The summed E-state index contributed by atoms with van der Waals surface area (Å²) in [6.45, 7) is 4.08. The number of carbonyl (C=O) groups excluding carboxylic acids is 2. The molecule has 0 spiro atoms. The van der Waals surface area contributed by atoms with E-state index in [1.165, 1.54) is 11.3 Å². The van der Waals surface area contributed by atoms with Gasteiger partial charge >= 0.3 is 5.97 Å². The average molecular weight is 492 g/mol. The maximum Gasteiger partial charge on any atom is 0.341 e. The third kappa shape index (κ3) is 4.56. The molecule has 2 aromatic heterocycles. The minimum absolute atomic E-state index is 0.0110. The van der Waals surface area contributed by atoms with Crippen LogP contribution in [0.15, 0.2) is 6.07 Å². The molecule has 4 rings (SSSR count). The first-order chi connectivity index (χ1) is 15.7. The molecular formula is C22H29N5O4S2. The van der Waals surface area contributed by atoms with E-state index in [1.807, 2.05) is 4.90 Å². The Kier molecular flexibility index (Phi) is 6.62. The van der Waals surface area contributed by atoms with Crippen molar-refractivity contribution in [2.24, 2.45) is 24.6 Å². The van der Waals surface area contributed by atoms with Crippen LogP contribution in [0, 0.1) is 11.8 Å². The SMILES string of the molecule is CCOC(=O)c1c(NC(=O)[C@H]2C[C@@H]2C)sc2c1C[C@@H](N(C(N)=S)c1cc(OC)nn1C)CC2. The molecule has 0 aliphatic heterocycles. The second-order valence-electron chi connectivity index (χ2n) is 8.51. The molecule has 0 radical (unpaired) electrons. The van der Waals surface area contributed by atoms with Crippen LogP contribution < -0.4 is 20.7 Å². The number of fused-ring (bicyclic) bond motifs is 1. The fourth-order valence-corrected chi connectivity index (χ4v) is 5.90. The molecule has 33 heavy (non-hydrogen) atoms. The number of anilines is 2. The fraction of sp³-hybridized carbons (Fsp3) is 0.545. The van der Waals surface area contributed by atoms with E-state index in [2.05, 4.69) is 17.3 Å². The predicted octanol–water partition coefficient (Wildman–Crippen LogP) is 2.87. The zero-order chi connectivity index (χ0) is 23.9. The zero-order valence-electron chi connectivity index (χ0n) is 19.2. The van der Waals surface area contributed by atoms with E-state index in [-0.39, 0.29) is 29.6 Å². The smallest absolute Gasteiger partial charge is 0.341 e. The van der Waals surface area contributed by atoms with Gasteiger partial charge in [-0.3, -0.25) is 4.79 Å².